The Labute approximate surface area is 209 Å². The number of hydrogen-bond donors (Lipinski definition) is 0. The van der Waals surface area contributed by atoms with Crippen LogP contribution in [0.2, 0.25) is 0 Å². The highest BCUT2D eigenvalue weighted by molar-refractivity contribution is 7.19. The zero-order chi connectivity index (χ0) is 23.6. The maximum Gasteiger partial charge on any atom is 0.189 e. The van der Waals surface area contributed by atoms with Gasteiger partial charge in [0, 0.05) is 33.8 Å². The lowest BCUT2D eigenvalue weighted by Gasteiger charge is -2.23. The fourth-order valence-electron chi connectivity index (χ4n) is 4.58. The molecule has 0 amide bonds. The van der Waals surface area contributed by atoms with Gasteiger partial charge in [-0.25, -0.2) is 0 Å². The minimum atomic E-state index is 0.148. The normalized spacial score (nSPS) is 13.7. The third-order valence-electron chi connectivity index (χ3n) is 6.31. The fraction of sp³-hybridized carbons (Fsp3) is 0.0312. The molecule has 5 aromatic rings. The van der Waals surface area contributed by atoms with Crippen molar-refractivity contribution in [2.75, 3.05) is 4.90 Å². The van der Waals surface area contributed by atoms with Gasteiger partial charge in [-0.3, -0.25) is 4.79 Å². The zero-order valence-electron chi connectivity index (χ0n) is 19.1. The Bertz CT molecular complexity index is 1480. The molecule has 0 saturated heterocycles. The van der Waals surface area contributed by atoms with Crippen molar-refractivity contribution in [3.63, 3.8) is 0 Å². The molecule has 1 aliphatic carbocycles. The molecular weight excluding hydrogens is 446 g/mol. The van der Waals surface area contributed by atoms with Crippen LogP contribution in [0.1, 0.15) is 21.5 Å². The van der Waals surface area contributed by atoms with E-state index in [2.05, 4.69) is 89.8 Å². The fourth-order valence-corrected chi connectivity index (χ4v) is 5.63. The number of rotatable bonds is 5. The number of nitrogens with zero attached hydrogens (tertiary/aromatic N) is 1. The number of thiophene rings is 1. The summed E-state index contributed by atoms with van der Waals surface area (Å²) in [6.45, 7) is 0. The van der Waals surface area contributed by atoms with E-state index < -0.39 is 0 Å². The lowest BCUT2D eigenvalue weighted by atomic mass is 10.1. The quantitative estimate of drug-likeness (QED) is 0.240. The summed E-state index contributed by atoms with van der Waals surface area (Å²) in [6, 6.07) is 41.7. The molecule has 35 heavy (non-hydrogen) atoms. The second-order valence-electron chi connectivity index (χ2n) is 8.60. The van der Waals surface area contributed by atoms with Crippen LogP contribution < -0.4 is 4.90 Å². The van der Waals surface area contributed by atoms with E-state index in [-0.39, 0.29) is 5.78 Å². The maximum absolute atomic E-state index is 12.7. The summed E-state index contributed by atoms with van der Waals surface area (Å²) in [7, 11) is 0. The Kier molecular flexibility index (Phi) is 5.61. The Balaban J connectivity index is 1.28. The Morgan fingerprint density at radius 2 is 1.29 bits per heavy atom. The van der Waals surface area contributed by atoms with Crippen LogP contribution in [0.15, 0.2) is 127 Å². The van der Waals surface area contributed by atoms with Crippen LogP contribution in [0.3, 0.4) is 0 Å². The van der Waals surface area contributed by atoms with Gasteiger partial charge in [0.05, 0.1) is 0 Å². The molecule has 1 aromatic heterocycles. The molecule has 0 saturated carbocycles. The Morgan fingerprint density at radius 1 is 0.657 bits per heavy atom. The molecule has 168 valence electrons. The number of carbonyl (C=O) groups is 1. The average molecular weight is 470 g/mol. The first kappa shape index (κ1) is 21.3. The molecule has 0 fully saturated rings. The van der Waals surface area contributed by atoms with Crippen molar-refractivity contribution in [2.45, 2.75) is 6.42 Å². The third-order valence-corrected chi connectivity index (χ3v) is 7.43. The van der Waals surface area contributed by atoms with Gasteiger partial charge in [0.2, 0.25) is 0 Å². The first-order valence-corrected chi connectivity index (χ1v) is 12.5. The van der Waals surface area contributed by atoms with Crippen LogP contribution in [0.4, 0.5) is 16.4 Å². The molecule has 0 aliphatic heterocycles. The van der Waals surface area contributed by atoms with E-state index in [1.807, 2.05) is 42.5 Å². The van der Waals surface area contributed by atoms with E-state index in [0.717, 1.165) is 38.6 Å². The van der Waals surface area contributed by atoms with Gasteiger partial charge in [0.1, 0.15) is 5.00 Å². The number of allylic oxidation sites excluding steroid dienone is 1. The molecular formula is C32H23NOS. The van der Waals surface area contributed by atoms with Crippen molar-refractivity contribution in [1.82, 2.24) is 0 Å². The summed E-state index contributed by atoms with van der Waals surface area (Å²) in [5, 5.41) is 1.16. The molecule has 0 atom stereocenters. The van der Waals surface area contributed by atoms with Gasteiger partial charge in [-0.2, -0.15) is 0 Å². The minimum Gasteiger partial charge on any atom is -0.302 e. The molecule has 2 nitrogen and oxygen atoms in total. The second-order valence-corrected chi connectivity index (χ2v) is 9.66. The summed E-state index contributed by atoms with van der Waals surface area (Å²) in [5.74, 6) is 0.148. The highest BCUT2D eigenvalue weighted by atomic mass is 32.1. The first-order valence-electron chi connectivity index (χ1n) is 11.7. The van der Waals surface area contributed by atoms with Crippen LogP contribution in [0.25, 0.3) is 16.5 Å². The monoisotopic (exact) mass is 469 g/mol. The van der Waals surface area contributed by atoms with Crippen LogP contribution in [0.5, 0.6) is 0 Å². The average Bonchev–Trinajstić information content (AvgIpc) is 3.51. The van der Waals surface area contributed by atoms with E-state index in [4.69, 9.17) is 0 Å². The minimum absolute atomic E-state index is 0.148. The maximum atomic E-state index is 12.7. The number of anilines is 3. The number of benzene rings is 4. The standard InChI is InChI=1S/C32H23NOS/c34-32-26(22-25-9-7-8-14-29(25)32)21-23-15-17-24(18-16-23)30-19-20-31(35-30)33(27-10-3-1-4-11-27)28-12-5-2-6-13-28/h1-21H,22H2/b26-21-. The molecule has 0 N–H and O–H groups in total. The van der Waals surface area contributed by atoms with Gasteiger partial charge in [0.25, 0.3) is 0 Å². The summed E-state index contributed by atoms with van der Waals surface area (Å²) in [5.41, 5.74) is 7.31. The van der Waals surface area contributed by atoms with Crippen molar-refractivity contribution in [3.8, 4) is 10.4 Å². The van der Waals surface area contributed by atoms with Gasteiger partial charge in [-0.1, -0.05) is 84.9 Å². The van der Waals surface area contributed by atoms with Crippen LogP contribution in [-0.4, -0.2) is 5.78 Å². The topological polar surface area (TPSA) is 20.3 Å². The third kappa shape index (κ3) is 4.23. The molecule has 3 heteroatoms. The number of Topliss-reactive ketones (excluding diaryl/α,β-unsaturated/α-hetero) is 1. The van der Waals surface area contributed by atoms with E-state index in [9.17, 15) is 4.79 Å². The van der Waals surface area contributed by atoms with Gasteiger partial charge in [-0.05, 0) is 59.2 Å². The van der Waals surface area contributed by atoms with E-state index in [1.54, 1.807) is 11.3 Å². The number of para-hydroxylation sites is 2. The summed E-state index contributed by atoms with van der Waals surface area (Å²) in [4.78, 5) is 16.2. The number of ketones is 1. The highest BCUT2D eigenvalue weighted by Crippen LogP contribution is 2.41. The van der Waals surface area contributed by atoms with E-state index in [0.29, 0.717) is 6.42 Å². The molecule has 1 aliphatic rings. The summed E-state index contributed by atoms with van der Waals surface area (Å²) in [6.07, 6.45) is 2.73. The lowest BCUT2D eigenvalue weighted by Crippen LogP contribution is -2.07. The highest BCUT2D eigenvalue weighted by Gasteiger charge is 2.23. The van der Waals surface area contributed by atoms with Crippen LogP contribution in [0, 0.1) is 0 Å². The van der Waals surface area contributed by atoms with Crippen molar-refractivity contribution >= 4 is 39.6 Å². The number of carbonyl (C=O) groups excluding carboxylic acids is 1. The second kappa shape index (κ2) is 9.21. The van der Waals surface area contributed by atoms with Crippen molar-refractivity contribution in [1.29, 1.82) is 0 Å². The number of hydrogen-bond acceptors (Lipinski definition) is 3. The molecule has 0 bridgehead atoms. The van der Waals surface area contributed by atoms with Gasteiger partial charge in [-0.15, -0.1) is 11.3 Å². The van der Waals surface area contributed by atoms with Crippen molar-refractivity contribution in [2.24, 2.45) is 0 Å². The Hall–Kier alpha value is -4.21. The molecule has 4 aromatic carbocycles. The SMILES string of the molecule is O=C1/C(=C\c2ccc(-c3ccc(N(c4ccccc4)c4ccccc4)s3)cc2)Cc2ccccc21. The Morgan fingerprint density at radius 3 is 1.94 bits per heavy atom. The van der Waals surface area contributed by atoms with E-state index in [1.165, 1.54) is 10.4 Å². The smallest absolute Gasteiger partial charge is 0.189 e. The molecule has 1 heterocycles. The predicted octanol–water partition coefficient (Wildman–Crippen LogP) is 8.71. The molecule has 0 radical (unpaired) electrons. The lowest BCUT2D eigenvalue weighted by molar-refractivity contribution is 0.104. The predicted molar refractivity (Wildman–Crippen MR) is 147 cm³/mol. The van der Waals surface area contributed by atoms with Crippen molar-refractivity contribution < 1.29 is 4.79 Å². The molecule has 0 unspecified atom stereocenters. The molecule has 6 rings (SSSR count). The van der Waals surface area contributed by atoms with Crippen LogP contribution >= 0.6 is 11.3 Å². The van der Waals surface area contributed by atoms with Gasteiger partial charge < -0.3 is 4.90 Å². The van der Waals surface area contributed by atoms with Gasteiger partial charge >= 0.3 is 0 Å². The van der Waals surface area contributed by atoms with E-state index >= 15 is 0 Å². The number of fused-ring (bicyclic) bond motifs is 1. The first-order chi connectivity index (χ1) is 17.3. The summed E-state index contributed by atoms with van der Waals surface area (Å²) < 4.78 is 0. The summed E-state index contributed by atoms with van der Waals surface area (Å²) >= 11 is 1.77. The van der Waals surface area contributed by atoms with Gasteiger partial charge in [0.15, 0.2) is 5.78 Å². The zero-order valence-corrected chi connectivity index (χ0v) is 19.9. The largest absolute Gasteiger partial charge is 0.302 e. The van der Waals surface area contributed by atoms with Crippen LogP contribution in [-0.2, 0) is 6.42 Å². The van der Waals surface area contributed by atoms with Crippen molar-refractivity contribution in [3.05, 3.63) is 144 Å². The molecule has 0 spiro atoms.